The van der Waals surface area contributed by atoms with Crippen molar-refractivity contribution in [3.8, 4) is 0 Å². The van der Waals surface area contributed by atoms with Crippen LogP contribution in [0.25, 0.3) is 0 Å². The zero-order valence-corrected chi connectivity index (χ0v) is 15.5. The number of aromatic nitrogens is 2. The van der Waals surface area contributed by atoms with Gasteiger partial charge in [-0.2, -0.15) is 5.10 Å². The van der Waals surface area contributed by atoms with Crippen LogP contribution < -0.4 is 0 Å². The Hall–Kier alpha value is -2.39. The maximum Gasteiger partial charge on any atom is 0.167 e. The highest BCUT2D eigenvalue weighted by atomic mass is 35.5. The van der Waals surface area contributed by atoms with Gasteiger partial charge in [-0.15, -0.1) is 0 Å². The average Bonchev–Trinajstić information content (AvgIpc) is 2.97. The number of benzene rings is 2. The lowest BCUT2D eigenvalue weighted by Crippen LogP contribution is -2.21. The minimum atomic E-state index is 0.121. The Morgan fingerprint density at radius 1 is 1.08 bits per heavy atom. The van der Waals surface area contributed by atoms with E-state index in [1.54, 1.807) is 0 Å². The van der Waals surface area contributed by atoms with Crippen molar-refractivity contribution < 1.29 is 4.79 Å². The van der Waals surface area contributed by atoms with Crippen LogP contribution in [0.3, 0.4) is 0 Å². The van der Waals surface area contributed by atoms with Gasteiger partial charge >= 0.3 is 0 Å². The number of rotatable bonds is 4. The number of hydrogen-bond acceptors (Lipinski definition) is 2. The number of Topliss-reactive ketones (excluding diaryl/α,β-unsaturated/α-hetero) is 1. The van der Waals surface area contributed by atoms with Gasteiger partial charge in [-0.25, -0.2) is 0 Å². The molecule has 0 fully saturated rings. The molecule has 0 saturated heterocycles. The number of fused-ring (bicyclic) bond motifs is 1. The second-order valence-electron chi connectivity index (χ2n) is 6.92. The van der Waals surface area contributed by atoms with Crippen molar-refractivity contribution >= 4 is 17.4 Å². The van der Waals surface area contributed by atoms with Gasteiger partial charge in [0.1, 0.15) is 0 Å². The predicted octanol–water partition coefficient (Wildman–Crippen LogP) is 5.00. The second kappa shape index (κ2) is 7.08. The van der Waals surface area contributed by atoms with Crippen LogP contribution in [0, 0.1) is 6.92 Å². The fourth-order valence-electron chi connectivity index (χ4n) is 3.92. The molecule has 0 spiro atoms. The molecule has 132 valence electrons. The lowest BCUT2D eigenvalue weighted by atomic mass is 9.81. The maximum absolute atomic E-state index is 12.8. The van der Waals surface area contributed by atoms with Crippen LogP contribution in [-0.2, 0) is 19.4 Å². The van der Waals surface area contributed by atoms with Crippen LogP contribution in [-0.4, -0.2) is 15.6 Å². The molecule has 1 atom stereocenters. The molecule has 2 aromatic carbocycles. The highest BCUT2D eigenvalue weighted by molar-refractivity contribution is 6.31. The van der Waals surface area contributed by atoms with E-state index in [-0.39, 0.29) is 11.7 Å². The molecule has 0 saturated carbocycles. The maximum atomic E-state index is 12.8. The van der Waals surface area contributed by atoms with E-state index in [1.807, 2.05) is 41.9 Å². The second-order valence-corrected chi connectivity index (χ2v) is 7.32. The standard InChI is InChI=1S/C22H21ClN2O/c1-15-22-20(25(24-15)12-11-16-7-3-2-4-8-16)13-17(14-21(22)26)18-9-5-6-10-19(18)23/h2-10,17H,11-14H2,1H3. The van der Waals surface area contributed by atoms with E-state index in [0.717, 1.165) is 46.9 Å². The van der Waals surface area contributed by atoms with Gasteiger partial charge in [0.15, 0.2) is 5.78 Å². The molecule has 0 N–H and O–H groups in total. The fraction of sp³-hybridized carbons (Fsp3) is 0.273. The summed E-state index contributed by atoms with van der Waals surface area (Å²) in [5, 5.41) is 5.41. The molecule has 26 heavy (non-hydrogen) atoms. The SMILES string of the molecule is Cc1nn(CCc2ccccc2)c2c1C(=O)CC(c1ccccc1Cl)C2. The first kappa shape index (κ1) is 17.0. The third kappa shape index (κ3) is 3.19. The highest BCUT2D eigenvalue weighted by Crippen LogP contribution is 2.36. The third-order valence-electron chi connectivity index (χ3n) is 5.18. The summed E-state index contributed by atoms with van der Waals surface area (Å²) >= 11 is 6.38. The fourth-order valence-corrected chi connectivity index (χ4v) is 4.21. The van der Waals surface area contributed by atoms with E-state index < -0.39 is 0 Å². The summed E-state index contributed by atoms with van der Waals surface area (Å²) in [5.41, 5.74) is 5.05. The first-order valence-corrected chi connectivity index (χ1v) is 9.39. The molecule has 3 nitrogen and oxygen atoms in total. The van der Waals surface area contributed by atoms with Gasteiger partial charge in [-0.3, -0.25) is 9.48 Å². The normalized spacial score (nSPS) is 16.5. The zero-order chi connectivity index (χ0) is 18.1. The van der Waals surface area contributed by atoms with Crippen LogP contribution in [0.2, 0.25) is 5.02 Å². The summed E-state index contributed by atoms with van der Waals surface area (Å²) in [6, 6.07) is 18.2. The summed E-state index contributed by atoms with van der Waals surface area (Å²) in [6.45, 7) is 2.72. The van der Waals surface area contributed by atoms with Gasteiger partial charge in [0, 0.05) is 18.0 Å². The van der Waals surface area contributed by atoms with Crippen molar-refractivity contribution in [2.45, 2.75) is 38.6 Å². The predicted molar refractivity (Wildman–Crippen MR) is 104 cm³/mol. The lowest BCUT2D eigenvalue weighted by Gasteiger charge is -2.24. The number of nitrogens with zero attached hydrogens (tertiary/aromatic N) is 2. The van der Waals surface area contributed by atoms with Crippen LogP contribution in [0.1, 0.15) is 45.2 Å². The first-order valence-electron chi connectivity index (χ1n) is 9.01. The van der Waals surface area contributed by atoms with Crippen LogP contribution in [0.15, 0.2) is 54.6 Å². The first-order chi connectivity index (χ1) is 12.6. The number of ketones is 1. The summed E-state index contributed by atoms with van der Waals surface area (Å²) in [7, 11) is 0. The quantitative estimate of drug-likeness (QED) is 0.653. The number of hydrogen-bond donors (Lipinski definition) is 0. The minimum absolute atomic E-state index is 0.121. The van der Waals surface area contributed by atoms with Crippen molar-refractivity contribution in [2.75, 3.05) is 0 Å². The van der Waals surface area contributed by atoms with Crippen molar-refractivity contribution in [1.82, 2.24) is 9.78 Å². The van der Waals surface area contributed by atoms with Gasteiger partial charge < -0.3 is 0 Å². The van der Waals surface area contributed by atoms with Crippen molar-refractivity contribution in [1.29, 1.82) is 0 Å². The molecule has 0 amide bonds. The Bertz CT molecular complexity index is 946. The number of carbonyl (C=O) groups excluding carboxylic acids is 1. The third-order valence-corrected chi connectivity index (χ3v) is 5.53. The Balaban J connectivity index is 1.63. The molecule has 0 aliphatic heterocycles. The molecular formula is C22H21ClN2O. The summed E-state index contributed by atoms with van der Waals surface area (Å²) < 4.78 is 2.03. The molecule has 4 heteroatoms. The molecule has 3 aromatic rings. The number of halogens is 1. The topological polar surface area (TPSA) is 34.9 Å². The van der Waals surface area contributed by atoms with Gasteiger partial charge in [0.25, 0.3) is 0 Å². The molecule has 1 aromatic heterocycles. The van der Waals surface area contributed by atoms with E-state index in [4.69, 9.17) is 11.6 Å². The molecule has 1 aliphatic rings. The average molecular weight is 365 g/mol. The van der Waals surface area contributed by atoms with Crippen molar-refractivity contribution in [3.63, 3.8) is 0 Å². The van der Waals surface area contributed by atoms with Crippen molar-refractivity contribution in [2.24, 2.45) is 0 Å². The van der Waals surface area contributed by atoms with Crippen molar-refractivity contribution in [3.05, 3.63) is 87.7 Å². The van der Waals surface area contributed by atoms with Crippen LogP contribution in [0.4, 0.5) is 0 Å². The summed E-state index contributed by atoms with van der Waals surface area (Å²) in [4.78, 5) is 12.8. The number of aryl methyl sites for hydroxylation is 3. The van der Waals surface area contributed by atoms with Gasteiger partial charge in [-0.1, -0.05) is 60.1 Å². The van der Waals surface area contributed by atoms with E-state index in [2.05, 4.69) is 29.4 Å². The molecular weight excluding hydrogens is 344 g/mol. The Labute approximate surface area is 158 Å². The highest BCUT2D eigenvalue weighted by Gasteiger charge is 2.32. The Kier molecular flexibility index (Phi) is 4.64. The Morgan fingerprint density at radius 2 is 1.81 bits per heavy atom. The van der Waals surface area contributed by atoms with E-state index in [9.17, 15) is 4.79 Å². The molecule has 4 rings (SSSR count). The molecule has 1 unspecified atom stereocenters. The summed E-state index contributed by atoms with van der Waals surface area (Å²) in [5.74, 6) is 0.301. The largest absolute Gasteiger partial charge is 0.294 e. The van der Waals surface area contributed by atoms with Gasteiger partial charge in [-0.05, 0) is 42.9 Å². The lowest BCUT2D eigenvalue weighted by molar-refractivity contribution is 0.0962. The Morgan fingerprint density at radius 3 is 2.58 bits per heavy atom. The monoisotopic (exact) mass is 364 g/mol. The van der Waals surface area contributed by atoms with E-state index in [0.29, 0.717) is 6.42 Å². The van der Waals surface area contributed by atoms with Crippen LogP contribution in [0.5, 0.6) is 0 Å². The van der Waals surface area contributed by atoms with E-state index >= 15 is 0 Å². The van der Waals surface area contributed by atoms with Crippen LogP contribution >= 0.6 is 11.6 Å². The number of carbonyl (C=O) groups is 1. The minimum Gasteiger partial charge on any atom is -0.294 e. The van der Waals surface area contributed by atoms with E-state index in [1.165, 1.54) is 5.56 Å². The zero-order valence-electron chi connectivity index (χ0n) is 14.8. The molecule has 0 bridgehead atoms. The molecule has 1 aliphatic carbocycles. The van der Waals surface area contributed by atoms with Gasteiger partial charge in [0.05, 0.1) is 17.0 Å². The smallest absolute Gasteiger partial charge is 0.167 e. The van der Waals surface area contributed by atoms with Gasteiger partial charge in [0.2, 0.25) is 0 Å². The summed E-state index contributed by atoms with van der Waals surface area (Å²) in [6.07, 6.45) is 2.21. The molecule has 0 radical (unpaired) electrons. The molecule has 1 heterocycles.